The fraction of sp³-hybridized carbons (Fsp3) is 0.591. The van der Waals surface area contributed by atoms with E-state index in [4.69, 9.17) is 14.2 Å². The number of hydrogen-bond acceptors (Lipinski definition) is 8. The maximum Gasteiger partial charge on any atom is 0.325 e. The van der Waals surface area contributed by atoms with E-state index in [9.17, 15) is 14.4 Å². The predicted octanol–water partition coefficient (Wildman–Crippen LogP) is -0.257. The summed E-state index contributed by atoms with van der Waals surface area (Å²) in [5.74, 6) is -0.334. The summed E-state index contributed by atoms with van der Waals surface area (Å²) in [6.07, 6.45) is 0. The van der Waals surface area contributed by atoms with Crippen LogP contribution in [-0.2, 0) is 28.6 Å². The van der Waals surface area contributed by atoms with Crippen LogP contribution in [0.5, 0.6) is 5.75 Å². The van der Waals surface area contributed by atoms with E-state index in [1.54, 1.807) is 7.11 Å². The van der Waals surface area contributed by atoms with Crippen molar-refractivity contribution in [1.29, 1.82) is 0 Å². The minimum Gasteiger partial charge on any atom is -0.497 e. The van der Waals surface area contributed by atoms with Crippen molar-refractivity contribution >= 4 is 17.8 Å². The molecule has 0 radical (unpaired) electrons. The van der Waals surface area contributed by atoms with Crippen molar-refractivity contribution in [1.82, 2.24) is 15.5 Å². The molecule has 1 atom stereocenters. The molecule has 3 rings (SSSR count). The number of methoxy groups -OCH3 is 2. The van der Waals surface area contributed by atoms with E-state index in [-0.39, 0.29) is 24.9 Å². The van der Waals surface area contributed by atoms with Gasteiger partial charge in [0.05, 0.1) is 47.2 Å². The van der Waals surface area contributed by atoms with Crippen LogP contribution in [0, 0.1) is 12.8 Å². The molecular formula is C22H33N3O7. The molecule has 2 aliphatic heterocycles. The Balaban J connectivity index is 0.000000336. The van der Waals surface area contributed by atoms with E-state index in [1.807, 2.05) is 29.2 Å². The molecule has 10 nitrogen and oxygen atoms in total. The van der Waals surface area contributed by atoms with Crippen molar-refractivity contribution in [3.63, 3.8) is 0 Å². The average molecular weight is 452 g/mol. The third-order valence-electron chi connectivity index (χ3n) is 5.10. The fourth-order valence-corrected chi connectivity index (χ4v) is 3.04. The first-order chi connectivity index (χ1) is 15.4. The number of nitrogens with one attached hydrogen (secondary N) is 2. The van der Waals surface area contributed by atoms with E-state index in [0.29, 0.717) is 39.5 Å². The van der Waals surface area contributed by atoms with Gasteiger partial charge in [-0.2, -0.15) is 0 Å². The number of benzene rings is 1. The molecule has 2 fully saturated rings. The Labute approximate surface area is 188 Å². The molecule has 0 saturated carbocycles. The van der Waals surface area contributed by atoms with Gasteiger partial charge in [-0.15, -0.1) is 0 Å². The van der Waals surface area contributed by atoms with Crippen LogP contribution in [0.15, 0.2) is 24.3 Å². The number of rotatable bonds is 8. The molecule has 1 aromatic carbocycles. The molecule has 0 aromatic heterocycles. The number of morpholine rings is 1. The van der Waals surface area contributed by atoms with Gasteiger partial charge >= 0.3 is 5.97 Å². The number of amides is 2. The summed E-state index contributed by atoms with van der Waals surface area (Å²) in [5, 5.41) is 5.22. The van der Waals surface area contributed by atoms with Gasteiger partial charge in [-0.3, -0.25) is 19.3 Å². The predicted molar refractivity (Wildman–Crippen MR) is 116 cm³/mol. The van der Waals surface area contributed by atoms with Crippen molar-refractivity contribution in [3.05, 3.63) is 29.8 Å². The van der Waals surface area contributed by atoms with E-state index < -0.39 is 17.9 Å². The largest absolute Gasteiger partial charge is 0.497 e. The van der Waals surface area contributed by atoms with Crippen molar-refractivity contribution in [2.75, 3.05) is 66.8 Å². The lowest BCUT2D eigenvalue weighted by Gasteiger charge is -2.34. The number of ether oxygens (including phenoxy) is 4. The van der Waals surface area contributed by atoms with Crippen LogP contribution in [0.2, 0.25) is 0 Å². The van der Waals surface area contributed by atoms with Crippen molar-refractivity contribution in [2.45, 2.75) is 13.0 Å². The van der Waals surface area contributed by atoms with Crippen molar-refractivity contribution < 1.29 is 33.3 Å². The number of carbonyl (C=O) groups excluding carboxylic acids is 3. The molecule has 10 heteroatoms. The number of hydrogen-bond donors (Lipinski definition) is 2. The Morgan fingerprint density at radius 2 is 1.75 bits per heavy atom. The Morgan fingerprint density at radius 1 is 1.09 bits per heavy atom. The summed E-state index contributed by atoms with van der Waals surface area (Å²) in [7, 11) is 2.92. The quantitative estimate of drug-likeness (QED) is 0.520. The van der Waals surface area contributed by atoms with Crippen molar-refractivity contribution in [3.8, 4) is 5.75 Å². The van der Waals surface area contributed by atoms with Gasteiger partial charge in [0.1, 0.15) is 18.3 Å². The van der Waals surface area contributed by atoms with Gasteiger partial charge in [0.25, 0.3) is 0 Å². The van der Waals surface area contributed by atoms with E-state index in [1.165, 1.54) is 12.7 Å². The summed E-state index contributed by atoms with van der Waals surface area (Å²) in [6, 6.07) is 7.25. The Bertz CT molecular complexity index is 732. The molecule has 1 aromatic rings. The number of carbonyl (C=O) groups is 3. The Kier molecular flexibility index (Phi) is 10.9. The molecule has 2 aliphatic rings. The summed E-state index contributed by atoms with van der Waals surface area (Å²) < 4.78 is 19.8. The van der Waals surface area contributed by atoms with Crippen LogP contribution in [0.3, 0.4) is 0 Å². The first-order valence-corrected chi connectivity index (χ1v) is 10.5. The van der Waals surface area contributed by atoms with Gasteiger partial charge in [0.15, 0.2) is 0 Å². The third kappa shape index (κ3) is 8.81. The molecule has 2 saturated heterocycles. The number of nitrogens with zero attached hydrogens (tertiary/aromatic N) is 1. The average Bonchev–Trinajstić information content (AvgIpc) is 2.77. The molecule has 0 bridgehead atoms. The van der Waals surface area contributed by atoms with E-state index in [0.717, 1.165) is 5.75 Å². The number of esters is 1. The molecule has 32 heavy (non-hydrogen) atoms. The van der Waals surface area contributed by atoms with Crippen LogP contribution in [0.4, 0.5) is 0 Å². The first kappa shape index (κ1) is 25.6. The lowest BCUT2D eigenvalue weighted by molar-refractivity contribution is -0.143. The molecule has 1 unspecified atom stereocenters. The standard InChI is InChI=1S/C14H23N3O6.C8H10O/c1-21-12(19)6-15-14(20)13(10-8-23-9-10)16-11(18)7-17-2-4-22-5-3-17;1-7-3-5-8(9-2)6-4-7/h10,13H,2-9H2,1H3,(H,15,20)(H,16,18);3-6H,1-2H3. The maximum absolute atomic E-state index is 12.2. The highest BCUT2D eigenvalue weighted by atomic mass is 16.5. The highest BCUT2D eigenvalue weighted by Crippen LogP contribution is 2.15. The third-order valence-corrected chi connectivity index (χ3v) is 5.10. The minimum atomic E-state index is -0.707. The Hall–Kier alpha value is -2.69. The number of aryl methyl sites for hydroxylation is 1. The van der Waals surface area contributed by atoms with Gasteiger partial charge in [-0.25, -0.2) is 0 Å². The molecular weight excluding hydrogens is 418 g/mol. The molecule has 0 aliphatic carbocycles. The van der Waals surface area contributed by atoms with Crippen LogP contribution >= 0.6 is 0 Å². The second-order valence-electron chi connectivity index (χ2n) is 7.54. The van der Waals surface area contributed by atoms with Crippen molar-refractivity contribution in [2.24, 2.45) is 5.92 Å². The van der Waals surface area contributed by atoms with Crippen LogP contribution in [-0.4, -0.2) is 95.6 Å². The topological polar surface area (TPSA) is 115 Å². The van der Waals surface area contributed by atoms with Gasteiger partial charge < -0.3 is 29.6 Å². The van der Waals surface area contributed by atoms with Crippen LogP contribution in [0.25, 0.3) is 0 Å². The molecule has 2 amide bonds. The normalized spacial score (nSPS) is 17.1. The second kappa shape index (κ2) is 13.7. The highest BCUT2D eigenvalue weighted by molar-refractivity contribution is 5.90. The van der Waals surface area contributed by atoms with Gasteiger partial charge in [-0.05, 0) is 19.1 Å². The second-order valence-corrected chi connectivity index (χ2v) is 7.54. The summed E-state index contributed by atoms with van der Waals surface area (Å²) in [6.45, 7) is 5.47. The highest BCUT2D eigenvalue weighted by Gasteiger charge is 2.35. The Morgan fingerprint density at radius 3 is 2.28 bits per heavy atom. The molecule has 178 valence electrons. The first-order valence-electron chi connectivity index (χ1n) is 10.5. The fourth-order valence-electron chi connectivity index (χ4n) is 3.04. The lowest BCUT2D eigenvalue weighted by atomic mass is 9.97. The zero-order valence-electron chi connectivity index (χ0n) is 18.9. The molecule has 0 spiro atoms. The van der Waals surface area contributed by atoms with Crippen LogP contribution < -0.4 is 15.4 Å². The van der Waals surface area contributed by atoms with E-state index >= 15 is 0 Å². The summed E-state index contributed by atoms with van der Waals surface area (Å²) in [5.41, 5.74) is 1.26. The smallest absolute Gasteiger partial charge is 0.325 e. The minimum absolute atomic E-state index is 0.0821. The van der Waals surface area contributed by atoms with Crippen LogP contribution in [0.1, 0.15) is 5.56 Å². The SMILES string of the molecule is COC(=O)CNC(=O)C(NC(=O)CN1CCOCC1)C1COC1.COc1ccc(C)cc1. The van der Waals surface area contributed by atoms with E-state index in [2.05, 4.69) is 22.3 Å². The zero-order chi connectivity index (χ0) is 23.3. The molecule has 2 heterocycles. The van der Waals surface area contributed by atoms with Gasteiger partial charge in [0, 0.05) is 19.0 Å². The van der Waals surface area contributed by atoms with Gasteiger partial charge in [0.2, 0.25) is 11.8 Å². The zero-order valence-corrected chi connectivity index (χ0v) is 18.9. The lowest BCUT2D eigenvalue weighted by Crippen LogP contribution is -2.58. The molecule has 2 N–H and O–H groups in total. The summed E-state index contributed by atoms with van der Waals surface area (Å²) >= 11 is 0. The van der Waals surface area contributed by atoms with Gasteiger partial charge in [-0.1, -0.05) is 17.7 Å². The maximum atomic E-state index is 12.2. The summed E-state index contributed by atoms with van der Waals surface area (Å²) in [4.78, 5) is 37.4. The monoisotopic (exact) mass is 451 g/mol.